The Kier molecular flexibility index (Phi) is 3.93. The molecular weight excluding hydrogens is 254 g/mol. The van der Waals surface area contributed by atoms with E-state index < -0.39 is 0 Å². The minimum Gasteiger partial charge on any atom is -0.339 e. The SMILES string of the molecule is C1CC(Cc2nc(C3CSCCS3)no2)CN1. The summed E-state index contributed by atoms with van der Waals surface area (Å²) in [6.07, 6.45) is 2.16. The highest BCUT2D eigenvalue weighted by Crippen LogP contribution is 2.35. The molecule has 0 aromatic carbocycles. The standard InChI is InChI=1S/C11H17N3OS2/c1-2-12-6-8(1)5-10-13-11(14-15-10)9-7-16-3-4-17-9/h8-9,12H,1-7H2. The maximum Gasteiger partial charge on any atom is 0.227 e. The van der Waals surface area contributed by atoms with Crippen LogP contribution in [0.1, 0.15) is 23.4 Å². The molecule has 1 aromatic rings. The molecule has 0 bridgehead atoms. The van der Waals surface area contributed by atoms with Gasteiger partial charge in [-0.05, 0) is 25.4 Å². The van der Waals surface area contributed by atoms with E-state index >= 15 is 0 Å². The van der Waals surface area contributed by atoms with E-state index in [-0.39, 0.29) is 0 Å². The molecule has 3 heterocycles. The second-order valence-electron chi connectivity index (χ2n) is 4.54. The summed E-state index contributed by atoms with van der Waals surface area (Å²) in [6.45, 7) is 2.21. The molecule has 3 rings (SSSR count). The molecule has 1 N–H and O–H groups in total. The predicted molar refractivity (Wildman–Crippen MR) is 71.5 cm³/mol. The van der Waals surface area contributed by atoms with Gasteiger partial charge in [0.2, 0.25) is 5.89 Å². The second-order valence-corrected chi connectivity index (χ2v) is 7.00. The molecule has 2 atom stereocenters. The lowest BCUT2D eigenvalue weighted by Crippen LogP contribution is -2.11. The van der Waals surface area contributed by atoms with Crippen LogP contribution in [0.2, 0.25) is 0 Å². The van der Waals surface area contributed by atoms with Crippen molar-refractivity contribution in [3.63, 3.8) is 0 Å². The van der Waals surface area contributed by atoms with E-state index in [1.54, 1.807) is 0 Å². The maximum absolute atomic E-state index is 5.37. The summed E-state index contributed by atoms with van der Waals surface area (Å²) in [5.74, 6) is 5.98. The van der Waals surface area contributed by atoms with Crippen LogP contribution in [-0.4, -0.2) is 40.5 Å². The third kappa shape index (κ3) is 2.98. The molecule has 0 spiro atoms. The van der Waals surface area contributed by atoms with Crippen LogP contribution in [0.3, 0.4) is 0 Å². The molecule has 2 saturated heterocycles. The van der Waals surface area contributed by atoms with Crippen molar-refractivity contribution in [2.75, 3.05) is 30.3 Å². The van der Waals surface area contributed by atoms with Crippen LogP contribution >= 0.6 is 23.5 Å². The average molecular weight is 271 g/mol. The van der Waals surface area contributed by atoms with E-state index in [1.165, 1.54) is 17.9 Å². The van der Waals surface area contributed by atoms with Crippen LogP contribution in [0.4, 0.5) is 0 Å². The maximum atomic E-state index is 5.37. The Morgan fingerprint density at radius 2 is 2.41 bits per heavy atom. The lowest BCUT2D eigenvalue weighted by atomic mass is 10.1. The van der Waals surface area contributed by atoms with Gasteiger partial charge < -0.3 is 9.84 Å². The summed E-state index contributed by atoms with van der Waals surface area (Å²) in [6, 6.07) is 0. The average Bonchev–Trinajstić information content (AvgIpc) is 3.02. The predicted octanol–water partition coefficient (Wildman–Crippen LogP) is 1.74. The van der Waals surface area contributed by atoms with Gasteiger partial charge in [0, 0.05) is 23.7 Å². The molecule has 1 aromatic heterocycles. The number of nitrogens with one attached hydrogen (secondary N) is 1. The minimum absolute atomic E-state index is 0.438. The Balaban J connectivity index is 1.60. The number of hydrogen-bond donors (Lipinski definition) is 1. The van der Waals surface area contributed by atoms with Crippen molar-refractivity contribution >= 4 is 23.5 Å². The normalized spacial score (nSPS) is 29.6. The fraction of sp³-hybridized carbons (Fsp3) is 0.818. The number of aromatic nitrogens is 2. The van der Waals surface area contributed by atoms with E-state index in [4.69, 9.17) is 4.52 Å². The van der Waals surface area contributed by atoms with Gasteiger partial charge in [-0.2, -0.15) is 16.7 Å². The Bertz CT molecular complexity index is 359. The highest BCUT2D eigenvalue weighted by molar-refractivity contribution is 8.06. The van der Waals surface area contributed by atoms with Crippen molar-refractivity contribution < 1.29 is 4.52 Å². The summed E-state index contributed by atoms with van der Waals surface area (Å²) in [4.78, 5) is 4.56. The van der Waals surface area contributed by atoms with Crippen molar-refractivity contribution in [1.82, 2.24) is 15.5 Å². The molecule has 2 unspecified atom stereocenters. The summed E-state index contributed by atoms with van der Waals surface area (Å²) in [5.41, 5.74) is 0. The van der Waals surface area contributed by atoms with E-state index in [1.807, 2.05) is 23.5 Å². The van der Waals surface area contributed by atoms with E-state index in [2.05, 4.69) is 15.5 Å². The topological polar surface area (TPSA) is 51.0 Å². The zero-order valence-electron chi connectivity index (χ0n) is 9.72. The summed E-state index contributed by atoms with van der Waals surface area (Å²) < 4.78 is 5.37. The molecule has 0 aliphatic carbocycles. The monoisotopic (exact) mass is 271 g/mol. The smallest absolute Gasteiger partial charge is 0.227 e. The number of rotatable bonds is 3. The lowest BCUT2D eigenvalue weighted by Gasteiger charge is -2.17. The van der Waals surface area contributed by atoms with Crippen molar-refractivity contribution in [3.05, 3.63) is 11.7 Å². The van der Waals surface area contributed by atoms with Gasteiger partial charge in [-0.3, -0.25) is 0 Å². The molecule has 2 fully saturated rings. The summed E-state index contributed by atoms with van der Waals surface area (Å²) in [7, 11) is 0. The first-order chi connectivity index (χ1) is 8.42. The first kappa shape index (κ1) is 11.9. The van der Waals surface area contributed by atoms with Gasteiger partial charge in [0.25, 0.3) is 0 Å². The largest absolute Gasteiger partial charge is 0.339 e. The molecule has 94 valence electrons. The van der Waals surface area contributed by atoms with E-state index in [0.29, 0.717) is 11.2 Å². The molecule has 2 aliphatic rings. The molecule has 0 amide bonds. The molecule has 0 radical (unpaired) electrons. The van der Waals surface area contributed by atoms with Crippen LogP contribution in [-0.2, 0) is 6.42 Å². The van der Waals surface area contributed by atoms with Gasteiger partial charge in [-0.15, -0.1) is 11.8 Å². The summed E-state index contributed by atoms with van der Waals surface area (Å²) in [5, 5.41) is 7.94. The quantitative estimate of drug-likeness (QED) is 0.904. The van der Waals surface area contributed by atoms with E-state index in [0.717, 1.165) is 37.0 Å². The van der Waals surface area contributed by atoms with Crippen LogP contribution in [0.5, 0.6) is 0 Å². The third-order valence-corrected chi connectivity index (χ3v) is 5.96. The van der Waals surface area contributed by atoms with Gasteiger partial charge in [-0.1, -0.05) is 5.16 Å². The number of hydrogen-bond acceptors (Lipinski definition) is 6. The summed E-state index contributed by atoms with van der Waals surface area (Å²) >= 11 is 3.94. The van der Waals surface area contributed by atoms with Gasteiger partial charge >= 0.3 is 0 Å². The van der Waals surface area contributed by atoms with Crippen molar-refractivity contribution in [2.45, 2.75) is 18.1 Å². The Morgan fingerprint density at radius 1 is 1.41 bits per heavy atom. The number of nitrogens with zero attached hydrogens (tertiary/aromatic N) is 2. The first-order valence-corrected chi connectivity index (χ1v) is 8.35. The molecular formula is C11H17N3OS2. The fourth-order valence-corrected chi connectivity index (χ4v) is 4.84. The molecule has 17 heavy (non-hydrogen) atoms. The molecule has 0 saturated carbocycles. The first-order valence-electron chi connectivity index (χ1n) is 6.14. The van der Waals surface area contributed by atoms with Crippen LogP contribution in [0.15, 0.2) is 4.52 Å². The zero-order chi connectivity index (χ0) is 11.5. The van der Waals surface area contributed by atoms with Crippen molar-refractivity contribution in [3.8, 4) is 0 Å². The van der Waals surface area contributed by atoms with Crippen molar-refractivity contribution in [1.29, 1.82) is 0 Å². The van der Waals surface area contributed by atoms with Gasteiger partial charge in [0.15, 0.2) is 5.82 Å². The second kappa shape index (κ2) is 5.63. The third-order valence-electron chi connectivity index (χ3n) is 3.21. The molecule has 4 nitrogen and oxygen atoms in total. The molecule has 6 heteroatoms. The highest BCUT2D eigenvalue weighted by atomic mass is 32.2. The molecule has 2 aliphatic heterocycles. The lowest BCUT2D eigenvalue weighted by molar-refractivity contribution is 0.354. The fourth-order valence-electron chi connectivity index (χ4n) is 2.25. The minimum atomic E-state index is 0.438. The van der Waals surface area contributed by atoms with Crippen molar-refractivity contribution in [2.24, 2.45) is 5.92 Å². The Hall–Kier alpha value is -0.200. The highest BCUT2D eigenvalue weighted by Gasteiger charge is 2.23. The van der Waals surface area contributed by atoms with Crippen LogP contribution < -0.4 is 5.32 Å². The van der Waals surface area contributed by atoms with Crippen LogP contribution in [0, 0.1) is 5.92 Å². The van der Waals surface area contributed by atoms with E-state index in [9.17, 15) is 0 Å². The Morgan fingerprint density at radius 3 is 3.18 bits per heavy atom. The van der Waals surface area contributed by atoms with Gasteiger partial charge in [0.1, 0.15) is 0 Å². The Labute approximate surface area is 110 Å². The zero-order valence-corrected chi connectivity index (χ0v) is 11.4. The number of thioether (sulfide) groups is 2. The van der Waals surface area contributed by atoms with Crippen LogP contribution in [0.25, 0.3) is 0 Å². The van der Waals surface area contributed by atoms with Gasteiger partial charge in [0.05, 0.1) is 5.25 Å². The van der Waals surface area contributed by atoms with Gasteiger partial charge in [-0.25, -0.2) is 0 Å².